The normalized spacial score (nSPS) is 14.0. The van der Waals surface area contributed by atoms with Gasteiger partial charge < -0.3 is 5.32 Å². The third-order valence-corrected chi connectivity index (χ3v) is 8.14. The van der Waals surface area contributed by atoms with Crippen LogP contribution < -0.4 is 10.2 Å². The fourth-order valence-corrected chi connectivity index (χ4v) is 5.54. The summed E-state index contributed by atoms with van der Waals surface area (Å²) in [6.07, 6.45) is 2.28. The number of phosphoric ester groups is 1. The first-order valence-corrected chi connectivity index (χ1v) is 14.0. The van der Waals surface area contributed by atoms with Crippen LogP contribution in [-0.4, -0.2) is 46.8 Å². The van der Waals surface area contributed by atoms with E-state index in [1.807, 2.05) is 13.0 Å². The molecule has 0 aromatic carbocycles. The van der Waals surface area contributed by atoms with Gasteiger partial charge in [-0.1, -0.05) is 48.5 Å². The second-order valence-electron chi connectivity index (χ2n) is 7.79. The van der Waals surface area contributed by atoms with E-state index >= 15 is 0 Å². The zero-order chi connectivity index (χ0) is 24.9. The Kier molecular flexibility index (Phi) is 9.50. The first-order chi connectivity index (χ1) is 16.1. The molecule has 3 heterocycles. The molecule has 0 unspecified atom stereocenters. The molecular weight excluding hydrogens is 521 g/mol. The van der Waals surface area contributed by atoms with Crippen molar-refractivity contribution in [2.45, 2.75) is 43.6 Å². The van der Waals surface area contributed by atoms with Gasteiger partial charge in [0, 0.05) is 20.4 Å². The smallest absolute Gasteiger partial charge is 0.364 e. The Bertz CT molecular complexity index is 1200. The third kappa shape index (κ3) is 7.24. The quantitative estimate of drug-likeness (QED) is 0.170. The minimum absolute atomic E-state index is 0.0511. The van der Waals surface area contributed by atoms with E-state index in [-0.39, 0.29) is 22.8 Å². The number of thioether (sulfide) groups is 1. The summed E-state index contributed by atoms with van der Waals surface area (Å²) < 4.78 is 28.2. The summed E-state index contributed by atoms with van der Waals surface area (Å²) >= 11 is 8.37. The maximum atomic E-state index is 12.4. The first kappa shape index (κ1) is 27.1. The van der Waals surface area contributed by atoms with E-state index in [0.717, 1.165) is 17.0 Å². The topological polar surface area (TPSA) is 128 Å². The van der Waals surface area contributed by atoms with E-state index in [1.165, 1.54) is 26.0 Å². The van der Waals surface area contributed by atoms with Crippen molar-refractivity contribution in [2.75, 3.05) is 26.1 Å². The molecule has 0 spiro atoms. The van der Waals surface area contributed by atoms with Gasteiger partial charge in [-0.15, -0.1) is 0 Å². The number of aromatic amines is 1. The zero-order valence-corrected chi connectivity index (χ0v) is 22.7. The van der Waals surface area contributed by atoms with Gasteiger partial charge in [-0.05, 0) is 31.4 Å². The first-order valence-electron chi connectivity index (χ1n) is 10.4. The van der Waals surface area contributed by atoms with Crippen molar-refractivity contribution in [2.24, 2.45) is 5.92 Å². The number of rotatable bonds is 12. The number of phosphoric acid groups is 1. The number of nitrogens with one attached hydrogen (secondary N) is 2. The summed E-state index contributed by atoms with van der Waals surface area (Å²) in [4.78, 5) is 28.2. The van der Waals surface area contributed by atoms with Gasteiger partial charge in [-0.3, -0.25) is 28.3 Å². The number of aromatic nitrogens is 4. The zero-order valence-electron chi connectivity index (χ0n) is 19.4. The Morgan fingerprint density at radius 1 is 1.24 bits per heavy atom. The van der Waals surface area contributed by atoms with E-state index < -0.39 is 7.82 Å². The summed E-state index contributed by atoms with van der Waals surface area (Å²) in [6.45, 7) is 6.16. The Labute approximate surface area is 210 Å². The number of anilines is 1. The van der Waals surface area contributed by atoms with Crippen molar-refractivity contribution >= 4 is 58.7 Å². The molecule has 34 heavy (non-hydrogen) atoms. The lowest BCUT2D eigenvalue weighted by Crippen LogP contribution is -2.27. The molecule has 3 aromatic heterocycles. The van der Waals surface area contributed by atoms with Crippen molar-refractivity contribution in [1.29, 1.82) is 0 Å². The molecule has 0 amide bonds. The molecule has 186 valence electrons. The van der Waals surface area contributed by atoms with E-state index in [4.69, 9.17) is 25.2 Å². The number of hydrogen-bond acceptors (Lipinski definition) is 11. The summed E-state index contributed by atoms with van der Waals surface area (Å²) in [6, 6.07) is 3.36. The molecule has 0 saturated heterocycles. The number of H-pyrrole nitrogens is 1. The number of pyridine rings is 1. The lowest BCUT2D eigenvalue weighted by atomic mass is 10.0. The number of thiazole rings is 1. The van der Waals surface area contributed by atoms with Crippen molar-refractivity contribution < 1.29 is 18.1 Å². The SMILES string of the molecule is COP(=O)(OC)OC[C@@H](CC(C)C)Nc1nc(S[C@@H](C)c2ccc(Cl)cn2)nc2[nH]c(=O)sc12. The van der Waals surface area contributed by atoms with Gasteiger partial charge in [0.05, 0.1) is 28.6 Å². The highest BCUT2D eigenvalue weighted by atomic mass is 35.5. The molecule has 3 aromatic rings. The van der Waals surface area contributed by atoms with E-state index in [2.05, 4.69) is 39.1 Å². The maximum Gasteiger partial charge on any atom is 0.474 e. The van der Waals surface area contributed by atoms with E-state index in [0.29, 0.717) is 38.7 Å². The summed E-state index contributed by atoms with van der Waals surface area (Å²) in [7, 11) is -1.11. The van der Waals surface area contributed by atoms with Gasteiger partial charge in [0.15, 0.2) is 16.6 Å². The highest BCUT2D eigenvalue weighted by Gasteiger charge is 2.26. The molecule has 2 atom stereocenters. The predicted molar refractivity (Wildman–Crippen MR) is 136 cm³/mol. The van der Waals surface area contributed by atoms with Crippen LogP contribution in [0.15, 0.2) is 28.3 Å². The second kappa shape index (κ2) is 11.9. The molecule has 0 bridgehead atoms. The van der Waals surface area contributed by atoms with Crippen LogP contribution in [0, 0.1) is 5.92 Å². The maximum absolute atomic E-state index is 12.4. The largest absolute Gasteiger partial charge is 0.474 e. The van der Waals surface area contributed by atoms with Gasteiger partial charge in [-0.25, -0.2) is 14.5 Å². The average Bonchev–Trinajstić information content (AvgIpc) is 3.17. The average molecular weight is 548 g/mol. The fourth-order valence-electron chi connectivity index (χ4n) is 3.12. The van der Waals surface area contributed by atoms with Crippen molar-refractivity contribution in [3.05, 3.63) is 38.7 Å². The molecule has 10 nitrogen and oxygen atoms in total. The lowest BCUT2D eigenvalue weighted by molar-refractivity contribution is 0.144. The number of nitrogens with zero attached hydrogens (tertiary/aromatic N) is 3. The lowest BCUT2D eigenvalue weighted by Gasteiger charge is -2.23. The van der Waals surface area contributed by atoms with Gasteiger partial charge in [0.2, 0.25) is 0 Å². The molecular formula is C20H27ClN5O5PS2. The molecule has 0 aliphatic carbocycles. The molecule has 14 heteroatoms. The van der Waals surface area contributed by atoms with Crippen molar-refractivity contribution in [3.63, 3.8) is 0 Å². The molecule has 0 aliphatic rings. The third-order valence-electron chi connectivity index (χ3n) is 4.69. The molecule has 0 aliphatic heterocycles. The summed E-state index contributed by atoms with van der Waals surface area (Å²) in [5, 5.41) is 4.32. The van der Waals surface area contributed by atoms with Gasteiger partial charge in [0.25, 0.3) is 0 Å². The molecule has 3 rings (SSSR count). The van der Waals surface area contributed by atoms with Crippen molar-refractivity contribution in [1.82, 2.24) is 19.9 Å². The Balaban J connectivity index is 1.88. The van der Waals surface area contributed by atoms with Gasteiger partial charge >= 0.3 is 12.7 Å². The van der Waals surface area contributed by atoms with Crippen LogP contribution in [0.3, 0.4) is 0 Å². The van der Waals surface area contributed by atoms with Crippen LogP contribution in [0.4, 0.5) is 5.82 Å². The molecule has 0 radical (unpaired) electrons. The molecule has 0 fully saturated rings. The number of hydrogen-bond donors (Lipinski definition) is 2. The number of halogens is 1. The monoisotopic (exact) mass is 547 g/mol. The summed E-state index contributed by atoms with van der Waals surface area (Å²) in [5.74, 6) is 0.795. The van der Waals surface area contributed by atoms with Crippen LogP contribution in [-0.2, 0) is 18.1 Å². The van der Waals surface area contributed by atoms with Crippen LogP contribution in [0.2, 0.25) is 5.02 Å². The predicted octanol–water partition coefficient (Wildman–Crippen LogP) is 5.53. The highest BCUT2D eigenvalue weighted by Crippen LogP contribution is 2.47. The number of fused-ring (bicyclic) bond motifs is 1. The van der Waals surface area contributed by atoms with E-state index in [9.17, 15) is 9.36 Å². The van der Waals surface area contributed by atoms with Gasteiger partial charge in [-0.2, -0.15) is 0 Å². The minimum Gasteiger partial charge on any atom is -0.364 e. The summed E-state index contributed by atoms with van der Waals surface area (Å²) in [5.41, 5.74) is 1.27. The molecule has 0 saturated carbocycles. The Hall–Kier alpha value is -1.53. The second-order valence-corrected chi connectivity index (χ2v) is 12.4. The van der Waals surface area contributed by atoms with Crippen LogP contribution in [0.5, 0.6) is 0 Å². The van der Waals surface area contributed by atoms with Crippen LogP contribution in [0.25, 0.3) is 10.3 Å². The van der Waals surface area contributed by atoms with E-state index in [1.54, 1.807) is 12.3 Å². The Morgan fingerprint density at radius 2 is 1.97 bits per heavy atom. The molecule has 2 N–H and O–H groups in total. The van der Waals surface area contributed by atoms with Crippen LogP contribution in [0.1, 0.15) is 38.1 Å². The fraction of sp³-hybridized carbons (Fsp3) is 0.500. The Morgan fingerprint density at radius 3 is 2.59 bits per heavy atom. The highest BCUT2D eigenvalue weighted by molar-refractivity contribution is 7.99. The minimum atomic E-state index is -3.64. The standard InChI is InChI=1S/C20H27ClN5O5PS2/c1-11(2)8-14(10-31-32(28,29-4)30-5)23-17-16-18(26-20(27)34-16)25-19(24-17)33-12(3)15-7-6-13(21)9-22-15/h6-7,9,11-12,14H,8,10H2,1-5H3,(H2,23,24,25,26,27)/t12-,14+/m0/s1. The van der Waals surface area contributed by atoms with Gasteiger partial charge in [0.1, 0.15) is 4.70 Å². The van der Waals surface area contributed by atoms with Crippen LogP contribution >= 0.6 is 42.5 Å². The van der Waals surface area contributed by atoms with Crippen molar-refractivity contribution in [3.8, 4) is 0 Å².